The zero-order valence-corrected chi connectivity index (χ0v) is 18.6. The summed E-state index contributed by atoms with van der Waals surface area (Å²) in [5, 5.41) is 0. The van der Waals surface area contributed by atoms with Gasteiger partial charge in [-0.2, -0.15) is 0 Å². The van der Waals surface area contributed by atoms with Crippen LogP contribution in [0.5, 0.6) is 5.75 Å². The smallest absolute Gasteiger partial charge is 0.268 e. The molecule has 0 spiro atoms. The number of ether oxygens (including phenoxy) is 1. The van der Waals surface area contributed by atoms with Crippen molar-refractivity contribution in [2.24, 2.45) is 0 Å². The molecule has 2 amide bonds. The van der Waals surface area contributed by atoms with Crippen molar-refractivity contribution in [2.45, 2.75) is 46.4 Å². The first-order valence-corrected chi connectivity index (χ1v) is 10.7. The summed E-state index contributed by atoms with van der Waals surface area (Å²) in [5.74, 6) is 1.72. The van der Waals surface area contributed by atoms with Gasteiger partial charge in [-0.15, -0.1) is 0 Å². The summed E-state index contributed by atoms with van der Waals surface area (Å²) in [4.78, 5) is 34.0. The number of hydrogen-bond acceptors (Lipinski definition) is 5. The Bertz CT molecular complexity index is 1110. The van der Waals surface area contributed by atoms with Crippen LogP contribution in [0.4, 0.5) is 5.69 Å². The van der Waals surface area contributed by atoms with Crippen molar-refractivity contribution in [3.63, 3.8) is 0 Å². The minimum atomic E-state index is -0.600. The molecule has 1 aromatic carbocycles. The topological polar surface area (TPSA) is 75.9 Å². The highest BCUT2D eigenvalue weighted by Crippen LogP contribution is 2.35. The van der Waals surface area contributed by atoms with Gasteiger partial charge in [-0.1, -0.05) is 19.1 Å². The van der Waals surface area contributed by atoms with Gasteiger partial charge in [0.2, 0.25) is 5.91 Å². The van der Waals surface area contributed by atoms with E-state index in [1.807, 2.05) is 63.2 Å². The van der Waals surface area contributed by atoms with Gasteiger partial charge in [-0.25, -0.2) is 0 Å². The van der Waals surface area contributed by atoms with Crippen LogP contribution >= 0.6 is 0 Å². The Hall–Kier alpha value is -3.61. The largest absolute Gasteiger partial charge is 0.478 e. The third kappa shape index (κ3) is 4.66. The molecule has 3 aromatic rings. The zero-order valence-electron chi connectivity index (χ0n) is 18.6. The third-order valence-electron chi connectivity index (χ3n) is 5.47. The second kappa shape index (κ2) is 9.26. The minimum absolute atomic E-state index is 0.0743. The molecule has 0 unspecified atom stereocenters. The molecule has 7 heteroatoms. The van der Waals surface area contributed by atoms with E-state index in [0.29, 0.717) is 36.7 Å². The number of furan rings is 1. The van der Waals surface area contributed by atoms with Crippen LogP contribution in [0.15, 0.2) is 59.3 Å². The summed E-state index contributed by atoms with van der Waals surface area (Å²) in [6.45, 7) is 6.31. The highest BCUT2D eigenvalue weighted by molar-refractivity contribution is 6.03. The SMILES string of the molecule is CC[C@@H]1Oc2ccc(C)cc2N(CC(=O)N(Cc2cccnc2)Cc2ccc(C)o2)C1=O. The molecule has 1 aliphatic heterocycles. The Balaban J connectivity index is 1.61. The van der Waals surface area contributed by atoms with E-state index in [0.717, 1.165) is 16.9 Å². The molecule has 0 N–H and O–H groups in total. The number of fused-ring (bicyclic) bond motifs is 1. The number of aryl methyl sites for hydroxylation is 2. The first kappa shape index (κ1) is 21.6. The number of carbonyl (C=O) groups excluding carboxylic acids is 2. The Morgan fingerprint density at radius 2 is 2.00 bits per heavy atom. The maximum atomic E-state index is 13.5. The second-order valence-electron chi connectivity index (χ2n) is 8.03. The van der Waals surface area contributed by atoms with Crippen LogP contribution < -0.4 is 9.64 Å². The molecule has 166 valence electrons. The molecule has 32 heavy (non-hydrogen) atoms. The van der Waals surface area contributed by atoms with E-state index in [-0.39, 0.29) is 18.4 Å². The van der Waals surface area contributed by atoms with E-state index in [1.165, 1.54) is 0 Å². The van der Waals surface area contributed by atoms with Gasteiger partial charge >= 0.3 is 0 Å². The van der Waals surface area contributed by atoms with Crippen molar-refractivity contribution in [3.8, 4) is 5.75 Å². The van der Waals surface area contributed by atoms with Crippen LogP contribution in [0.1, 0.15) is 36.0 Å². The molecule has 0 saturated heterocycles. The standard InChI is InChI=1S/C25H27N3O4/c1-4-22-25(30)28(21-12-17(2)7-10-23(21)32-22)16-24(29)27(14-19-6-5-11-26-13-19)15-20-9-8-18(3)31-20/h5-13,22H,4,14-16H2,1-3H3/t22-/m0/s1. The predicted octanol–water partition coefficient (Wildman–Crippen LogP) is 4.02. The summed E-state index contributed by atoms with van der Waals surface area (Å²) in [7, 11) is 0. The Morgan fingerprint density at radius 3 is 2.69 bits per heavy atom. The van der Waals surface area contributed by atoms with Gasteiger partial charge < -0.3 is 14.1 Å². The summed E-state index contributed by atoms with van der Waals surface area (Å²) < 4.78 is 11.6. The fourth-order valence-electron chi connectivity index (χ4n) is 3.79. The molecule has 3 heterocycles. The van der Waals surface area contributed by atoms with Gasteiger partial charge in [0, 0.05) is 18.9 Å². The van der Waals surface area contributed by atoms with Crippen LogP contribution in [-0.4, -0.2) is 34.3 Å². The summed E-state index contributed by atoms with van der Waals surface area (Å²) >= 11 is 0. The monoisotopic (exact) mass is 433 g/mol. The van der Waals surface area contributed by atoms with Crippen molar-refractivity contribution in [3.05, 3.63) is 77.5 Å². The summed E-state index contributed by atoms with van der Waals surface area (Å²) in [6, 6.07) is 13.2. The fraction of sp³-hybridized carbons (Fsp3) is 0.320. The number of amides is 2. The number of rotatable bonds is 7. The zero-order chi connectivity index (χ0) is 22.7. The Labute approximate surface area is 187 Å². The lowest BCUT2D eigenvalue weighted by Crippen LogP contribution is -2.50. The van der Waals surface area contributed by atoms with E-state index >= 15 is 0 Å². The van der Waals surface area contributed by atoms with Crippen LogP contribution in [0, 0.1) is 13.8 Å². The van der Waals surface area contributed by atoms with E-state index in [2.05, 4.69) is 4.98 Å². The summed E-state index contributed by atoms with van der Waals surface area (Å²) in [6.07, 6.45) is 3.36. The van der Waals surface area contributed by atoms with Gasteiger partial charge in [0.1, 0.15) is 23.8 Å². The molecule has 0 bridgehead atoms. The van der Waals surface area contributed by atoms with Crippen LogP contribution in [0.3, 0.4) is 0 Å². The van der Waals surface area contributed by atoms with Gasteiger partial charge in [-0.05, 0) is 61.7 Å². The predicted molar refractivity (Wildman–Crippen MR) is 120 cm³/mol. The lowest BCUT2D eigenvalue weighted by Gasteiger charge is -2.35. The van der Waals surface area contributed by atoms with Crippen molar-refractivity contribution >= 4 is 17.5 Å². The first-order valence-electron chi connectivity index (χ1n) is 10.7. The molecule has 1 aliphatic rings. The summed E-state index contributed by atoms with van der Waals surface area (Å²) in [5.41, 5.74) is 2.52. The molecule has 0 saturated carbocycles. The lowest BCUT2D eigenvalue weighted by molar-refractivity contribution is -0.134. The number of nitrogens with zero attached hydrogens (tertiary/aromatic N) is 3. The van der Waals surface area contributed by atoms with Crippen molar-refractivity contribution in [1.82, 2.24) is 9.88 Å². The molecule has 2 aromatic heterocycles. The molecule has 0 aliphatic carbocycles. The number of hydrogen-bond donors (Lipinski definition) is 0. The molecule has 0 fully saturated rings. The quantitative estimate of drug-likeness (QED) is 0.562. The first-order chi connectivity index (χ1) is 15.4. The highest BCUT2D eigenvalue weighted by atomic mass is 16.5. The number of carbonyl (C=O) groups is 2. The van der Waals surface area contributed by atoms with Crippen LogP contribution in [0.25, 0.3) is 0 Å². The highest BCUT2D eigenvalue weighted by Gasteiger charge is 2.35. The van der Waals surface area contributed by atoms with Gasteiger partial charge in [0.25, 0.3) is 5.91 Å². The Kier molecular flexibility index (Phi) is 6.25. The maximum absolute atomic E-state index is 13.5. The molecular weight excluding hydrogens is 406 g/mol. The van der Waals surface area contributed by atoms with Crippen molar-refractivity contribution in [2.75, 3.05) is 11.4 Å². The van der Waals surface area contributed by atoms with Gasteiger partial charge in [0.15, 0.2) is 6.10 Å². The number of benzene rings is 1. The average molecular weight is 434 g/mol. The average Bonchev–Trinajstić information content (AvgIpc) is 3.20. The molecule has 0 radical (unpaired) electrons. The van der Waals surface area contributed by atoms with E-state index < -0.39 is 6.10 Å². The van der Waals surface area contributed by atoms with Gasteiger partial charge in [-0.3, -0.25) is 19.5 Å². The van der Waals surface area contributed by atoms with Gasteiger partial charge in [0.05, 0.1) is 12.2 Å². The van der Waals surface area contributed by atoms with Crippen LogP contribution in [-0.2, 0) is 22.7 Å². The second-order valence-corrected chi connectivity index (χ2v) is 8.03. The normalized spacial score (nSPS) is 15.3. The number of pyridine rings is 1. The van der Waals surface area contributed by atoms with Crippen molar-refractivity contribution < 1.29 is 18.7 Å². The molecular formula is C25H27N3O4. The van der Waals surface area contributed by atoms with E-state index in [4.69, 9.17) is 9.15 Å². The molecule has 1 atom stereocenters. The van der Waals surface area contributed by atoms with E-state index in [9.17, 15) is 9.59 Å². The Morgan fingerprint density at radius 1 is 1.16 bits per heavy atom. The number of anilines is 1. The van der Waals surface area contributed by atoms with Crippen molar-refractivity contribution in [1.29, 1.82) is 0 Å². The van der Waals surface area contributed by atoms with Crippen LogP contribution in [0.2, 0.25) is 0 Å². The molecule has 4 rings (SSSR count). The fourth-order valence-corrected chi connectivity index (χ4v) is 3.79. The lowest BCUT2D eigenvalue weighted by atomic mass is 10.1. The third-order valence-corrected chi connectivity index (χ3v) is 5.47. The molecule has 7 nitrogen and oxygen atoms in total. The minimum Gasteiger partial charge on any atom is -0.478 e. The van der Waals surface area contributed by atoms with E-state index in [1.54, 1.807) is 22.2 Å². The number of aromatic nitrogens is 1. The maximum Gasteiger partial charge on any atom is 0.268 e.